The molecule has 0 atom stereocenters. The molecule has 3 rings (SSSR count). The van der Waals surface area contributed by atoms with Crippen molar-refractivity contribution in [2.75, 3.05) is 37.6 Å². The molecule has 1 aliphatic rings. The average molecular weight is 420 g/mol. The highest BCUT2D eigenvalue weighted by Crippen LogP contribution is 2.25. The maximum atomic E-state index is 13.3. The summed E-state index contributed by atoms with van der Waals surface area (Å²) in [6.45, 7) is 10.6. The summed E-state index contributed by atoms with van der Waals surface area (Å²) in [5, 5.41) is 6.70. The maximum Gasteiger partial charge on any atom is 0.263 e. The van der Waals surface area contributed by atoms with Crippen LogP contribution in [0.15, 0.2) is 29.4 Å². The van der Waals surface area contributed by atoms with E-state index >= 15 is 0 Å². The molecule has 0 saturated carbocycles. The van der Waals surface area contributed by atoms with E-state index in [4.69, 9.17) is 0 Å². The number of nitrogens with one attached hydrogen (secondary N) is 1. The Morgan fingerprint density at radius 2 is 1.83 bits per heavy atom. The second-order valence-corrected chi connectivity index (χ2v) is 9.10. The lowest BCUT2D eigenvalue weighted by Gasteiger charge is -2.36. The summed E-state index contributed by atoms with van der Waals surface area (Å²) in [6.07, 6.45) is 1.50. The fraction of sp³-hybridized carbons (Fsp3) is 0.500. The van der Waals surface area contributed by atoms with Crippen molar-refractivity contribution in [2.45, 2.75) is 39.3 Å². The molecule has 1 aromatic carbocycles. The predicted octanol–water partition coefficient (Wildman–Crippen LogP) is 1.78. The van der Waals surface area contributed by atoms with E-state index in [0.717, 1.165) is 5.69 Å². The van der Waals surface area contributed by atoms with Crippen molar-refractivity contribution in [3.8, 4) is 0 Å². The van der Waals surface area contributed by atoms with E-state index in [1.54, 1.807) is 6.92 Å². The van der Waals surface area contributed by atoms with Crippen LogP contribution >= 0.6 is 0 Å². The highest BCUT2D eigenvalue weighted by Gasteiger charge is 2.34. The lowest BCUT2D eigenvalue weighted by molar-refractivity contribution is 0.0952. The Balaban J connectivity index is 1.82. The third-order valence-corrected chi connectivity index (χ3v) is 7.00. The van der Waals surface area contributed by atoms with Crippen molar-refractivity contribution in [3.63, 3.8) is 0 Å². The van der Waals surface area contributed by atoms with Crippen LogP contribution in [0.3, 0.4) is 0 Å². The van der Waals surface area contributed by atoms with Crippen molar-refractivity contribution < 1.29 is 13.2 Å². The van der Waals surface area contributed by atoms with Gasteiger partial charge < -0.3 is 10.2 Å². The zero-order chi connectivity index (χ0) is 21.2. The number of carbonyl (C=O) groups excluding carboxylic acids is 1. The molecule has 0 spiro atoms. The number of anilines is 1. The molecule has 0 bridgehead atoms. The molecular formula is C20H29N5O3S. The molecule has 0 radical (unpaired) electrons. The largest absolute Gasteiger partial charge is 0.369 e. The van der Waals surface area contributed by atoms with Gasteiger partial charge in [-0.15, -0.1) is 0 Å². The van der Waals surface area contributed by atoms with Crippen LogP contribution in [0.5, 0.6) is 0 Å². The lowest BCUT2D eigenvalue weighted by atomic mass is 10.1. The van der Waals surface area contributed by atoms with Gasteiger partial charge in [0.05, 0.1) is 5.56 Å². The summed E-state index contributed by atoms with van der Waals surface area (Å²) in [5.41, 5.74) is 3.59. The van der Waals surface area contributed by atoms with Gasteiger partial charge in [-0.1, -0.05) is 12.1 Å². The molecule has 1 aliphatic heterocycles. The number of hydrogen-bond acceptors (Lipinski definition) is 5. The Labute approximate surface area is 172 Å². The van der Waals surface area contributed by atoms with E-state index in [1.165, 1.54) is 26.3 Å². The average Bonchev–Trinajstić information content (AvgIpc) is 3.16. The molecule has 0 aliphatic carbocycles. The van der Waals surface area contributed by atoms with Gasteiger partial charge >= 0.3 is 0 Å². The summed E-state index contributed by atoms with van der Waals surface area (Å²) in [6, 6.07) is 6.30. The second kappa shape index (κ2) is 8.54. The Morgan fingerprint density at radius 1 is 1.14 bits per heavy atom. The highest BCUT2D eigenvalue weighted by molar-refractivity contribution is 7.89. The van der Waals surface area contributed by atoms with Crippen molar-refractivity contribution in [3.05, 3.63) is 41.1 Å². The van der Waals surface area contributed by atoms with Crippen LogP contribution < -0.4 is 10.2 Å². The van der Waals surface area contributed by atoms with Crippen molar-refractivity contribution in [2.24, 2.45) is 0 Å². The van der Waals surface area contributed by atoms with E-state index in [-0.39, 0.29) is 10.6 Å². The van der Waals surface area contributed by atoms with Gasteiger partial charge in [-0.25, -0.2) is 8.42 Å². The summed E-state index contributed by atoms with van der Waals surface area (Å²) >= 11 is 0. The standard InChI is InChI=1S/C20H29N5O3S/c1-5-21-19(26)17-14-24(6-2)22-20(17)29(27,28)25-11-9-23(10-12-25)18-13-15(3)7-8-16(18)4/h7-8,13-14H,5-6,9-12H2,1-4H3,(H,21,26). The number of amides is 1. The van der Waals surface area contributed by atoms with Crippen LogP contribution in [0.2, 0.25) is 0 Å². The summed E-state index contributed by atoms with van der Waals surface area (Å²) in [7, 11) is -3.86. The third kappa shape index (κ3) is 4.30. The van der Waals surface area contributed by atoms with Crippen LogP contribution in [0.1, 0.15) is 35.3 Å². The van der Waals surface area contributed by atoms with Crippen molar-refractivity contribution >= 4 is 21.6 Å². The molecule has 1 amide bonds. The van der Waals surface area contributed by atoms with E-state index in [9.17, 15) is 13.2 Å². The van der Waals surface area contributed by atoms with Gasteiger partial charge in [0.1, 0.15) is 0 Å². The van der Waals surface area contributed by atoms with E-state index in [1.807, 2.05) is 6.92 Å². The first-order chi connectivity index (χ1) is 13.8. The number of piperazine rings is 1. The zero-order valence-corrected chi connectivity index (χ0v) is 18.3. The molecule has 158 valence electrons. The lowest BCUT2D eigenvalue weighted by Crippen LogP contribution is -2.49. The molecular weight excluding hydrogens is 390 g/mol. The van der Waals surface area contributed by atoms with Gasteiger partial charge in [0.15, 0.2) is 0 Å². The second-order valence-electron chi connectivity index (χ2n) is 7.24. The first-order valence-corrected chi connectivity index (χ1v) is 11.4. The van der Waals surface area contributed by atoms with Gasteiger partial charge in [0.2, 0.25) is 5.03 Å². The fourth-order valence-corrected chi connectivity index (χ4v) is 5.04. The number of aryl methyl sites for hydroxylation is 3. The highest BCUT2D eigenvalue weighted by atomic mass is 32.2. The Bertz CT molecular complexity index is 992. The van der Waals surface area contributed by atoms with Crippen LogP contribution in [0.25, 0.3) is 0 Å². The fourth-order valence-electron chi connectivity index (χ4n) is 3.52. The predicted molar refractivity (Wildman–Crippen MR) is 113 cm³/mol. The molecule has 2 aromatic rings. The smallest absolute Gasteiger partial charge is 0.263 e. The molecule has 1 fully saturated rings. The van der Waals surface area contributed by atoms with Crippen LogP contribution in [0.4, 0.5) is 5.69 Å². The monoisotopic (exact) mass is 419 g/mol. The molecule has 1 N–H and O–H groups in total. The third-order valence-electron chi connectivity index (χ3n) is 5.16. The Kier molecular flexibility index (Phi) is 6.28. The van der Waals surface area contributed by atoms with Crippen LogP contribution in [-0.2, 0) is 16.6 Å². The van der Waals surface area contributed by atoms with Gasteiger partial charge in [-0.3, -0.25) is 9.48 Å². The number of aromatic nitrogens is 2. The van der Waals surface area contributed by atoms with Gasteiger partial charge in [0.25, 0.3) is 15.9 Å². The number of sulfonamides is 1. The zero-order valence-electron chi connectivity index (χ0n) is 17.5. The van der Waals surface area contributed by atoms with Crippen LogP contribution in [-0.4, -0.2) is 61.1 Å². The Morgan fingerprint density at radius 3 is 2.45 bits per heavy atom. The van der Waals surface area contributed by atoms with E-state index in [2.05, 4.69) is 47.4 Å². The topological polar surface area (TPSA) is 87.5 Å². The molecule has 0 unspecified atom stereocenters. The number of carbonyl (C=O) groups is 1. The van der Waals surface area contributed by atoms with E-state index in [0.29, 0.717) is 39.3 Å². The minimum atomic E-state index is -3.86. The quantitative estimate of drug-likeness (QED) is 0.771. The molecule has 9 heteroatoms. The van der Waals surface area contributed by atoms with Crippen LogP contribution in [0, 0.1) is 13.8 Å². The molecule has 8 nitrogen and oxygen atoms in total. The molecule has 2 heterocycles. The normalized spacial score (nSPS) is 15.5. The Hall–Kier alpha value is -2.39. The number of rotatable bonds is 6. The van der Waals surface area contributed by atoms with Gasteiger partial charge in [-0.2, -0.15) is 9.40 Å². The molecule has 29 heavy (non-hydrogen) atoms. The number of nitrogens with zero attached hydrogens (tertiary/aromatic N) is 4. The SMILES string of the molecule is CCNC(=O)c1cn(CC)nc1S(=O)(=O)N1CCN(c2cc(C)ccc2C)CC1. The number of benzene rings is 1. The number of hydrogen-bond donors (Lipinski definition) is 1. The van der Waals surface area contributed by atoms with E-state index < -0.39 is 15.9 Å². The minimum absolute atomic E-state index is 0.102. The maximum absolute atomic E-state index is 13.3. The van der Waals surface area contributed by atoms with Gasteiger partial charge in [-0.05, 0) is 44.9 Å². The van der Waals surface area contributed by atoms with Crippen molar-refractivity contribution in [1.82, 2.24) is 19.4 Å². The molecule has 1 aromatic heterocycles. The molecule has 1 saturated heterocycles. The first-order valence-electron chi connectivity index (χ1n) is 9.96. The first kappa shape index (κ1) is 21.3. The summed E-state index contributed by atoms with van der Waals surface area (Å²) in [4.78, 5) is 14.6. The van der Waals surface area contributed by atoms with Gasteiger partial charge in [0, 0.05) is 51.2 Å². The summed E-state index contributed by atoms with van der Waals surface area (Å²) in [5.74, 6) is -0.417. The minimum Gasteiger partial charge on any atom is -0.369 e. The van der Waals surface area contributed by atoms with Crippen molar-refractivity contribution in [1.29, 1.82) is 0 Å². The summed E-state index contributed by atoms with van der Waals surface area (Å²) < 4.78 is 29.4.